The predicted molar refractivity (Wildman–Crippen MR) is 94.0 cm³/mol. The molecule has 0 saturated carbocycles. The van der Waals surface area contributed by atoms with Crippen LogP contribution in [0.15, 0.2) is 30.3 Å². The van der Waals surface area contributed by atoms with Gasteiger partial charge in [0.15, 0.2) is 5.60 Å². The molecular formula is C20H18F3N3O2. The fraction of sp³-hybridized carbons (Fsp3) is 0.400. The molecule has 1 aromatic carbocycles. The first kappa shape index (κ1) is 18.4. The number of likely N-dealkylation sites (tertiary alicyclic amines) is 1. The van der Waals surface area contributed by atoms with Gasteiger partial charge in [0.2, 0.25) is 0 Å². The molecule has 1 fully saturated rings. The standard InChI is InChI=1S/C20H18F3N3O2/c1-2-13-11-17-19(7-9-25(10-8-19)18(27)20(21,22)23)28-16-6-4-3-5-14(16)26(17)15(13)12-24/h3-6,11H,2,7-10H2,1H3. The van der Waals surface area contributed by atoms with Crippen molar-refractivity contribution in [2.75, 3.05) is 13.1 Å². The summed E-state index contributed by atoms with van der Waals surface area (Å²) >= 11 is 0. The lowest BCUT2D eigenvalue weighted by Gasteiger charge is -2.45. The lowest BCUT2D eigenvalue weighted by Crippen LogP contribution is -2.52. The molecule has 4 rings (SSSR count). The van der Waals surface area contributed by atoms with E-state index >= 15 is 0 Å². The quantitative estimate of drug-likeness (QED) is 0.748. The first-order valence-electron chi connectivity index (χ1n) is 9.10. The third kappa shape index (κ3) is 2.65. The minimum Gasteiger partial charge on any atom is -0.479 e. The van der Waals surface area contributed by atoms with E-state index in [4.69, 9.17) is 4.74 Å². The van der Waals surface area contributed by atoms with Crippen molar-refractivity contribution in [3.63, 3.8) is 0 Å². The maximum atomic E-state index is 12.8. The van der Waals surface area contributed by atoms with Crippen molar-refractivity contribution in [3.05, 3.63) is 47.3 Å². The monoisotopic (exact) mass is 389 g/mol. The first-order valence-corrected chi connectivity index (χ1v) is 9.10. The average molecular weight is 389 g/mol. The van der Waals surface area contributed by atoms with Crippen molar-refractivity contribution in [2.24, 2.45) is 0 Å². The van der Waals surface area contributed by atoms with Crippen LogP contribution in [0.3, 0.4) is 0 Å². The van der Waals surface area contributed by atoms with E-state index in [1.807, 2.05) is 35.8 Å². The molecule has 1 saturated heterocycles. The van der Waals surface area contributed by atoms with Gasteiger partial charge < -0.3 is 9.64 Å². The van der Waals surface area contributed by atoms with Crippen LogP contribution in [0.4, 0.5) is 13.2 Å². The van der Waals surface area contributed by atoms with E-state index in [1.54, 1.807) is 6.07 Å². The SMILES string of the molecule is CCc1cc2n(c1C#N)-c1ccccc1OC21CCN(C(=O)C(F)(F)F)CC1. The second-order valence-corrected chi connectivity index (χ2v) is 7.06. The summed E-state index contributed by atoms with van der Waals surface area (Å²) in [6.07, 6.45) is -3.78. The molecule has 0 atom stereocenters. The number of carbonyl (C=O) groups excluding carboxylic acids is 1. The average Bonchev–Trinajstić information content (AvgIpc) is 3.07. The number of nitrogens with zero attached hydrogens (tertiary/aromatic N) is 3. The molecule has 1 amide bonds. The van der Waals surface area contributed by atoms with Gasteiger partial charge in [-0.2, -0.15) is 18.4 Å². The Kier molecular flexibility index (Phi) is 4.14. The van der Waals surface area contributed by atoms with E-state index in [0.717, 1.165) is 21.8 Å². The minimum atomic E-state index is -4.88. The number of hydrogen-bond donors (Lipinski definition) is 0. The van der Waals surface area contributed by atoms with Gasteiger partial charge in [-0.3, -0.25) is 9.36 Å². The number of para-hydroxylation sites is 2. The molecule has 8 heteroatoms. The van der Waals surface area contributed by atoms with Gasteiger partial charge in [0.05, 0.1) is 11.4 Å². The Labute approximate surface area is 159 Å². The maximum Gasteiger partial charge on any atom is 0.471 e. The number of amides is 1. The number of halogens is 3. The van der Waals surface area contributed by atoms with E-state index < -0.39 is 17.7 Å². The predicted octanol–water partition coefficient (Wildman–Crippen LogP) is 3.68. The number of nitriles is 1. The highest BCUT2D eigenvalue weighted by Crippen LogP contribution is 2.47. The topological polar surface area (TPSA) is 58.3 Å². The van der Waals surface area contributed by atoms with Crippen LogP contribution in [-0.4, -0.2) is 34.6 Å². The van der Waals surface area contributed by atoms with Crippen LogP contribution >= 0.6 is 0 Å². The molecule has 1 spiro atoms. The molecule has 146 valence electrons. The minimum absolute atomic E-state index is 0.0605. The summed E-state index contributed by atoms with van der Waals surface area (Å²) in [4.78, 5) is 12.4. The van der Waals surface area contributed by atoms with Gasteiger partial charge in [0.1, 0.15) is 17.5 Å². The van der Waals surface area contributed by atoms with Crippen molar-refractivity contribution in [1.82, 2.24) is 9.47 Å². The van der Waals surface area contributed by atoms with Crippen LogP contribution in [0.1, 0.15) is 36.7 Å². The molecule has 1 aromatic heterocycles. The summed E-state index contributed by atoms with van der Waals surface area (Å²) in [5.74, 6) is -1.23. The number of benzene rings is 1. The molecule has 0 bridgehead atoms. The Hall–Kier alpha value is -2.95. The van der Waals surface area contributed by atoms with E-state index in [-0.39, 0.29) is 25.9 Å². The van der Waals surface area contributed by atoms with Crippen molar-refractivity contribution in [1.29, 1.82) is 5.26 Å². The molecule has 0 unspecified atom stereocenters. The fourth-order valence-corrected chi connectivity index (χ4v) is 4.14. The number of carbonyl (C=O) groups is 1. The molecule has 2 aliphatic heterocycles. The van der Waals surface area contributed by atoms with Crippen molar-refractivity contribution >= 4 is 5.91 Å². The number of alkyl halides is 3. The zero-order valence-electron chi connectivity index (χ0n) is 15.2. The lowest BCUT2D eigenvalue weighted by atomic mass is 9.86. The second-order valence-electron chi connectivity index (χ2n) is 7.06. The smallest absolute Gasteiger partial charge is 0.471 e. The number of aromatic nitrogens is 1. The molecule has 2 aliphatic rings. The molecule has 28 heavy (non-hydrogen) atoms. The van der Waals surface area contributed by atoms with Crippen LogP contribution in [0.5, 0.6) is 5.75 Å². The number of ether oxygens (including phenoxy) is 1. The summed E-state index contributed by atoms with van der Waals surface area (Å²) in [6, 6.07) is 11.5. The highest BCUT2D eigenvalue weighted by atomic mass is 19.4. The van der Waals surface area contributed by atoms with E-state index in [1.165, 1.54) is 0 Å². The number of fused-ring (bicyclic) bond motifs is 4. The highest BCUT2D eigenvalue weighted by Gasteiger charge is 2.49. The van der Waals surface area contributed by atoms with Gasteiger partial charge in [-0.25, -0.2) is 0 Å². The number of piperidine rings is 1. The molecule has 0 N–H and O–H groups in total. The number of aryl methyl sites for hydroxylation is 1. The largest absolute Gasteiger partial charge is 0.479 e. The van der Waals surface area contributed by atoms with Gasteiger partial charge in [0, 0.05) is 25.9 Å². The van der Waals surface area contributed by atoms with Gasteiger partial charge in [-0.05, 0) is 30.2 Å². The van der Waals surface area contributed by atoms with Crippen molar-refractivity contribution in [2.45, 2.75) is 38.0 Å². The molecule has 2 aromatic rings. The molecule has 0 radical (unpaired) electrons. The molecule has 0 aliphatic carbocycles. The Balaban J connectivity index is 1.77. The van der Waals surface area contributed by atoms with Gasteiger partial charge in [-0.1, -0.05) is 19.1 Å². The summed E-state index contributed by atoms with van der Waals surface area (Å²) in [6.45, 7) is 1.83. The summed E-state index contributed by atoms with van der Waals surface area (Å²) in [5.41, 5.74) is 2.02. The van der Waals surface area contributed by atoms with Crippen molar-refractivity contribution in [3.8, 4) is 17.5 Å². The van der Waals surface area contributed by atoms with Crippen LogP contribution in [0, 0.1) is 11.3 Å². The van der Waals surface area contributed by atoms with Crippen LogP contribution in [0.2, 0.25) is 0 Å². The zero-order chi connectivity index (χ0) is 20.1. The van der Waals surface area contributed by atoms with Crippen molar-refractivity contribution < 1.29 is 22.7 Å². The zero-order valence-corrected chi connectivity index (χ0v) is 15.2. The van der Waals surface area contributed by atoms with E-state index in [2.05, 4.69) is 6.07 Å². The Morgan fingerprint density at radius 2 is 1.96 bits per heavy atom. The fourth-order valence-electron chi connectivity index (χ4n) is 4.14. The number of rotatable bonds is 1. The van der Waals surface area contributed by atoms with E-state index in [0.29, 0.717) is 17.9 Å². The van der Waals surface area contributed by atoms with Crippen LogP contribution in [-0.2, 0) is 16.8 Å². The Morgan fingerprint density at radius 3 is 2.57 bits per heavy atom. The molecular weight excluding hydrogens is 371 g/mol. The van der Waals surface area contributed by atoms with Gasteiger partial charge in [-0.15, -0.1) is 0 Å². The Morgan fingerprint density at radius 1 is 1.29 bits per heavy atom. The normalized spacial score (nSPS) is 17.5. The first-order chi connectivity index (χ1) is 13.3. The summed E-state index contributed by atoms with van der Waals surface area (Å²) < 4.78 is 46.5. The van der Waals surface area contributed by atoms with Gasteiger partial charge in [0.25, 0.3) is 0 Å². The second kappa shape index (κ2) is 6.30. The lowest BCUT2D eigenvalue weighted by molar-refractivity contribution is -0.188. The van der Waals surface area contributed by atoms with E-state index in [9.17, 15) is 23.2 Å². The third-order valence-electron chi connectivity index (χ3n) is 5.55. The third-order valence-corrected chi connectivity index (χ3v) is 5.55. The summed E-state index contributed by atoms with van der Waals surface area (Å²) in [7, 11) is 0. The molecule has 3 heterocycles. The van der Waals surface area contributed by atoms with Crippen LogP contribution in [0.25, 0.3) is 5.69 Å². The Bertz CT molecular complexity index is 980. The maximum absolute atomic E-state index is 12.8. The highest BCUT2D eigenvalue weighted by molar-refractivity contribution is 5.82. The molecule has 5 nitrogen and oxygen atoms in total. The van der Waals surface area contributed by atoms with Gasteiger partial charge >= 0.3 is 12.1 Å². The summed E-state index contributed by atoms with van der Waals surface area (Å²) in [5, 5.41) is 9.72. The van der Waals surface area contributed by atoms with Crippen LogP contribution < -0.4 is 4.74 Å². The number of hydrogen-bond acceptors (Lipinski definition) is 3.